The first kappa shape index (κ1) is 14.5. The molecule has 5 heteroatoms. The molecular weight excluding hydrogens is 256 g/mol. The van der Waals surface area contributed by atoms with E-state index in [1.807, 2.05) is 6.07 Å². The molecule has 0 amide bonds. The Hall–Kier alpha value is -1.91. The zero-order valence-electron chi connectivity index (χ0n) is 12.0. The Kier molecular flexibility index (Phi) is 4.71. The Morgan fingerprint density at radius 2 is 2.15 bits per heavy atom. The predicted molar refractivity (Wildman–Crippen MR) is 77.6 cm³/mol. The summed E-state index contributed by atoms with van der Waals surface area (Å²) < 4.78 is 11.4. The van der Waals surface area contributed by atoms with Gasteiger partial charge in [-0.3, -0.25) is 0 Å². The molecule has 0 radical (unpaired) electrons. The standard InChI is InChI=1S/C15H22N2O3/c1-10-4-3-5-12(8-10)20-13-7-6-11(15(16)17-18)9-14(13)19-2/h6-7,9-10,12,18H,3-5,8H2,1-2H3,(H2,16,17). The first-order chi connectivity index (χ1) is 9.63. The summed E-state index contributed by atoms with van der Waals surface area (Å²) in [7, 11) is 1.59. The molecule has 110 valence electrons. The molecule has 0 aromatic heterocycles. The van der Waals surface area contributed by atoms with E-state index in [4.69, 9.17) is 20.4 Å². The summed E-state index contributed by atoms with van der Waals surface area (Å²) in [6.07, 6.45) is 4.87. The zero-order chi connectivity index (χ0) is 14.5. The monoisotopic (exact) mass is 278 g/mol. The van der Waals surface area contributed by atoms with Crippen molar-refractivity contribution in [1.82, 2.24) is 0 Å². The summed E-state index contributed by atoms with van der Waals surface area (Å²) in [5, 5.41) is 11.7. The van der Waals surface area contributed by atoms with Crippen molar-refractivity contribution in [3.63, 3.8) is 0 Å². The molecule has 0 heterocycles. The van der Waals surface area contributed by atoms with E-state index in [0.29, 0.717) is 23.0 Å². The topological polar surface area (TPSA) is 77.1 Å². The van der Waals surface area contributed by atoms with Crippen molar-refractivity contribution in [3.05, 3.63) is 23.8 Å². The fourth-order valence-electron chi connectivity index (χ4n) is 2.65. The van der Waals surface area contributed by atoms with Crippen LogP contribution in [0.25, 0.3) is 0 Å². The number of rotatable bonds is 4. The van der Waals surface area contributed by atoms with E-state index >= 15 is 0 Å². The second-order valence-corrected chi connectivity index (χ2v) is 5.36. The number of nitrogens with zero attached hydrogens (tertiary/aromatic N) is 1. The molecule has 3 N–H and O–H groups in total. The largest absolute Gasteiger partial charge is 0.493 e. The highest BCUT2D eigenvalue weighted by molar-refractivity contribution is 5.97. The average molecular weight is 278 g/mol. The first-order valence-corrected chi connectivity index (χ1v) is 6.96. The van der Waals surface area contributed by atoms with Crippen LogP contribution in [0.3, 0.4) is 0 Å². The van der Waals surface area contributed by atoms with Crippen molar-refractivity contribution in [2.75, 3.05) is 7.11 Å². The molecule has 5 nitrogen and oxygen atoms in total. The van der Waals surface area contributed by atoms with Gasteiger partial charge in [0.25, 0.3) is 0 Å². The lowest BCUT2D eigenvalue weighted by Gasteiger charge is -2.28. The molecule has 1 fully saturated rings. The van der Waals surface area contributed by atoms with Gasteiger partial charge in [-0.25, -0.2) is 0 Å². The highest BCUT2D eigenvalue weighted by Crippen LogP contribution is 2.33. The summed E-state index contributed by atoms with van der Waals surface area (Å²) in [6, 6.07) is 5.29. The maximum atomic E-state index is 8.70. The smallest absolute Gasteiger partial charge is 0.170 e. The Morgan fingerprint density at radius 3 is 2.80 bits per heavy atom. The Morgan fingerprint density at radius 1 is 1.35 bits per heavy atom. The molecule has 2 unspecified atom stereocenters. The van der Waals surface area contributed by atoms with Crippen molar-refractivity contribution in [2.24, 2.45) is 16.8 Å². The van der Waals surface area contributed by atoms with E-state index in [9.17, 15) is 0 Å². The Bertz CT molecular complexity index is 488. The van der Waals surface area contributed by atoms with Crippen LogP contribution in [-0.4, -0.2) is 24.3 Å². The Labute approximate surface area is 119 Å². The summed E-state index contributed by atoms with van der Waals surface area (Å²) in [6.45, 7) is 2.26. The van der Waals surface area contributed by atoms with Gasteiger partial charge in [-0.15, -0.1) is 0 Å². The van der Waals surface area contributed by atoms with Crippen LogP contribution in [0.5, 0.6) is 11.5 Å². The van der Waals surface area contributed by atoms with Crippen LogP contribution in [-0.2, 0) is 0 Å². The quantitative estimate of drug-likeness (QED) is 0.384. The minimum Gasteiger partial charge on any atom is -0.493 e. The van der Waals surface area contributed by atoms with E-state index in [-0.39, 0.29) is 11.9 Å². The third-order valence-corrected chi connectivity index (χ3v) is 3.75. The van der Waals surface area contributed by atoms with Crippen LogP contribution in [0.15, 0.2) is 23.4 Å². The molecule has 1 saturated carbocycles. The van der Waals surface area contributed by atoms with Gasteiger partial charge < -0.3 is 20.4 Å². The molecule has 1 aromatic rings. The fourth-order valence-corrected chi connectivity index (χ4v) is 2.65. The van der Waals surface area contributed by atoms with Crippen molar-refractivity contribution >= 4 is 5.84 Å². The molecule has 0 aliphatic heterocycles. The van der Waals surface area contributed by atoms with Gasteiger partial charge in [-0.1, -0.05) is 18.5 Å². The van der Waals surface area contributed by atoms with Crippen molar-refractivity contribution < 1.29 is 14.7 Å². The number of amidine groups is 1. The minimum atomic E-state index is 0.0566. The molecule has 0 bridgehead atoms. The minimum absolute atomic E-state index is 0.0566. The molecule has 20 heavy (non-hydrogen) atoms. The molecule has 1 aromatic carbocycles. The van der Waals surface area contributed by atoms with E-state index in [1.54, 1.807) is 19.2 Å². The van der Waals surface area contributed by atoms with Crippen molar-refractivity contribution in [3.8, 4) is 11.5 Å². The third kappa shape index (κ3) is 3.35. The van der Waals surface area contributed by atoms with E-state index in [2.05, 4.69) is 12.1 Å². The van der Waals surface area contributed by atoms with Gasteiger partial charge in [-0.05, 0) is 43.4 Å². The normalized spacial score (nSPS) is 23.4. The van der Waals surface area contributed by atoms with Crippen LogP contribution in [0.1, 0.15) is 38.2 Å². The van der Waals surface area contributed by atoms with Crippen LogP contribution in [0, 0.1) is 5.92 Å². The summed E-state index contributed by atoms with van der Waals surface area (Å²) in [5.74, 6) is 2.07. The number of benzene rings is 1. The van der Waals surface area contributed by atoms with Gasteiger partial charge in [-0.2, -0.15) is 0 Å². The maximum absolute atomic E-state index is 8.70. The summed E-state index contributed by atoms with van der Waals surface area (Å²) >= 11 is 0. The zero-order valence-corrected chi connectivity index (χ0v) is 12.0. The second-order valence-electron chi connectivity index (χ2n) is 5.36. The lowest BCUT2D eigenvalue weighted by Crippen LogP contribution is -2.24. The average Bonchev–Trinajstić information content (AvgIpc) is 2.47. The number of methoxy groups -OCH3 is 1. The van der Waals surface area contributed by atoms with Crippen LogP contribution in [0.2, 0.25) is 0 Å². The van der Waals surface area contributed by atoms with Crippen LogP contribution >= 0.6 is 0 Å². The molecule has 0 spiro atoms. The van der Waals surface area contributed by atoms with Gasteiger partial charge in [0.15, 0.2) is 17.3 Å². The van der Waals surface area contributed by atoms with Gasteiger partial charge in [0.2, 0.25) is 0 Å². The fraction of sp³-hybridized carbons (Fsp3) is 0.533. The van der Waals surface area contributed by atoms with E-state index in [0.717, 1.165) is 12.8 Å². The second kappa shape index (κ2) is 6.50. The highest BCUT2D eigenvalue weighted by atomic mass is 16.5. The van der Waals surface area contributed by atoms with Crippen molar-refractivity contribution in [1.29, 1.82) is 0 Å². The number of nitrogens with two attached hydrogens (primary N) is 1. The number of hydrogen-bond donors (Lipinski definition) is 2. The molecule has 0 saturated heterocycles. The lowest BCUT2D eigenvalue weighted by atomic mass is 9.89. The van der Waals surface area contributed by atoms with E-state index < -0.39 is 0 Å². The van der Waals surface area contributed by atoms with Gasteiger partial charge in [0, 0.05) is 5.56 Å². The maximum Gasteiger partial charge on any atom is 0.170 e. The Balaban J connectivity index is 2.15. The van der Waals surface area contributed by atoms with Gasteiger partial charge in [0.1, 0.15) is 0 Å². The third-order valence-electron chi connectivity index (χ3n) is 3.75. The molecule has 1 aliphatic carbocycles. The molecule has 2 atom stereocenters. The first-order valence-electron chi connectivity index (χ1n) is 6.96. The SMILES string of the molecule is COc1cc(C(N)=NO)ccc1OC1CCCC(C)C1. The molecular formula is C15H22N2O3. The van der Waals surface area contributed by atoms with Gasteiger partial charge >= 0.3 is 0 Å². The highest BCUT2D eigenvalue weighted by Gasteiger charge is 2.21. The molecule has 2 rings (SSSR count). The van der Waals surface area contributed by atoms with Crippen molar-refractivity contribution in [2.45, 2.75) is 38.7 Å². The molecule has 1 aliphatic rings. The number of ether oxygens (including phenoxy) is 2. The van der Waals surface area contributed by atoms with Crippen LogP contribution in [0.4, 0.5) is 0 Å². The van der Waals surface area contributed by atoms with Crippen LogP contribution < -0.4 is 15.2 Å². The predicted octanol–water partition coefficient (Wildman–Crippen LogP) is 2.75. The van der Waals surface area contributed by atoms with Gasteiger partial charge in [0.05, 0.1) is 13.2 Å². The summed E-state index contributed by atoms with van der Waals surface area (Å²) in [4.78, 5) is 0. The van der Waals surface area contributed by atoms with E-state index in [1.165, 1.54) is 12.8 Å². The lowest BCUT2D eigenvalue weighted by molar-refractivity contribution is 0.125. The number of hydrogen-bond acceptors (Lipinski definition) is 4. The number of oxime groups is 1. The summed E-state index contributed by atoms with van der Waals surface area (Å²) in [5.41, 5.74) is 6.18.